The Balaban J connectivity index is 1.04. The predicted octanol–water partition coefficient (Wildman–Crippen LogP) is 5.28. The number of nitrogens with zero attached hydrogens (tertiary/aromatic N) is 3. The van der Waals surface area contributed by atoms with Crippen LogP contribution in [0.4, 0.5) is 30.8 Å². The van der Waals surface area contributed by atoms with Gasteiger partial charge in [-0.1, -0.05) is 35.9 Å². The van der Waals surface area contributed by atoms with E-state index in [2.05, 4.69) is 41.5 Å². The topological polar surface area (TPSA) is 206 Å². The second-order valence-corrected chi connectivity index (χ2v) is 14.0. The molecule has 19 heteroatoms. The molecule has 15 nitrogen and oxygen atoms in total. The van der Waals surface area contributed by atoms with Crippen molar-refractivity contribution in [2.45, 2.75) is 55.9 Å². The molecule has 0 radical (unpaired) electrons. The van der Waals surface area contributed by atoms with E-state index >= 15 is 0 Å². The maximum absolute atomic E-state index is 13.0. The number of carbonyl (C=O) groups is 4. The number of aliphatic carboxylic acids is 1. The molecule has 1 aromatic heterocycles. The highest BCUT2D eigenvalue weighted by Crippen LogP contribution is 2.48. The molecule has 4 aromatic rings. The Labute approximate surface area is 329 Å². The minimum Gasteiger partial charge on any atom is -0.497 e. The van der Waals surface area contributed by atoms with Gasteiger partial charge in [0.2, 0.25) is 11.9 Å². The van der Waals surface area contributed by atoms with Gasteiger partial charge in [-0.3, -0.25) is 14.4 Å². The summed E-state index contributed by atoms with van der Waals surface area (Å²) in [5.41, 5.74) is 1.55. The molecule has 2 atom stereocenters. The highest BCUT2D eigenvalue weighted by atomic mass is 35.5. The fourth-order valence-corrected chi connectivity index (χ4v) is 6.06. The fourth-order valence-electron chi connectivity index (χ4n) is 5.94. The molecular weight excluding hydrogens is 773 g/mol. The summed E-state index contributed by atoms with van der Waals surface area (Å²) in [6, 6.07) is 17.6. The summed E-state index contributed by atoms with van der Waals surface area (Å²) >= 11 is 6.03. The zero-order chi connectivity index (χ0) is 40.7. The Morgan fingerprint density at radius 2 is 1.56 bits per heavy atom. The average molecular weight is 811 g/mol. The van der Waals surface area contributed by atoms with E-state index in [-0.39, 0.29) is 42.4 Å². The van der Waals surface area contributed by atoms with Crippen molar-refractivity contribution in [2.75, 3.05) is 30.9 Å². The predicted molar refractivity (Wildman–Crippen MR) is 200 cm³/mol. The van der Waals surface area contributed by atoms with Gasteiger partial charge in [0.05, 0.1) is 18.7 Å². The number of halogens is 4. The van der Waals surface area contributed by atoms with E-state index in [0.717, 1.165) is 24.0 Å². The van der Waals surface area contributed by atoms with Crippen LogP contribution in [0.5, 0.6) is 11.8 Å². The third-order valence-electron chi connectivity index (χ3n) is 9.26. The molecule has 2 aliphatic rings. The van der Waals surface area contributed by atoms with Crippen LogP contribution in [0, 0.1) is 5.92 Å². The number of alkyl halides is 3. The van der Waals surface area contributed by atoms with Gasteiger partial charge in [-0.05, 0) is 97.7 Å². The third kappa shape index (κ3) is 11.2. The van der Waals surface area contributed by atoms with Gasteiger partial charge in [-0.2, -0.15) is 28.1 Å². The Bertz CT molecular complexity index is 2080. The number of hydrogen-bond donors (Lipinski definition) is 6. The molecule has 0 aliphatic heterocycles. The van der Waals surface area contributed by atoms with Crippen molar-refractivity contribution in [3.05, 3.63) is 94.5 Å². The molecule has 3 amide bonds. The van der Waals surface area contributed by atoms with Crippen LogP contribution in [0.2, 0.25) is 5.02 Å². The molecule has 2 aliphatic carbocycles. The maximum atomic E-state index is 13.0. The lowest BCUT2D eigenvalue weighted by atomic mass is 10.0. The quantitative estimate of drug-likeness (QED) is 0.0755. The first-order chi connectivity index (χ1) is 27.2. The number of amides is 3. The summed E-state index contributed by atoms with van der Waals surface area (Å²) in [6.07, 6.45) is -1.68. The first-order valence-corrected chi connectivity index (χ1v) is 18.2. The molecule has 2 saturated carbocycles. The molecule has 0 spiro atoms. The smallest absolute Gasteiger partial charge is 0.422 e. The van der Waals surface area contributed by atoms with Crippen LogP contribution in [-0.4, -0.2) is 76.2 Å². The highest BCUT2D eigenvalue weighted by molar-refractivity contribution is 6.35. The van der Waals surface area contributed by atoms with Gasteiger partial charge in [0, 0.05) is 22.8 Å². The van der Waals surface area contributed by atoms with Crippen molar-refractivity contribution in [1.29, 1.82) is 0 Å². The molecule has 1 unspecified atom stereocenters. The van der Waals surface area contributed by atoms with E-state index in [1.54, 1.807) is 31.4 Å². The fraction of sp³-hybridized carbons (Fsp3) is 0.342. The number of carboxylic acids is 1. The van der Waals surface area contributed by atoms with Crippen LogP contribution in [-0.2, 0) is 19.9 Å². The van der Waals surface area contributed by atoms with Crippen LogP contribution in [0.15, 0.2) is 72.8 Å². The second kappa shape index (κ2) is 17.3. The number of methoxy groups -OCH3 is 1. The zero-order valence-corrected chi connectivity index (χ0v) is 31.1. The lowest BCUT2D eigenvalue weighted by Gasteiger charge is -2.19. The second-order valence-electron chi connectivity index (χ2n) is 13.6. The van der Waals surface area contributed by atoms with Crippen molar-refractivity contribution < 1.29 is 46.9 Å². The lowest BCUT2D eigenvalue weighted by molar-refractivity contribution is -0.154. The van der Waals surface area contributed by atoms with Crippen LogP contribution in [0.1, 0.15) is 59.6 Å². The molecule has 1 heterocycles. The first kappa shape index (κ1) is 40.5. The summed E-state index contributed by atoms with van der Waals surface area (Å²) in [7, 11) is 1.54. The molecule has 300 valence electrons. The monoisotopic (exact) mass is 810 g/mol. The lowest BCUT2D eigenvalue weighted by Crippen LogP contribution is -2.46. The Hall–Kier alpha value is -6.17. The molecule has 0 saturated heterocycles. The summed E-state index contributed by atoms with van der Waals surface area (Å²) < 4.78 is 48.9. The van der Waals surface area contributed by atoms with Gasteiger partial charge in [0.15, 0.2) is 6.61 Å². The van der Waals surface area contributed by atoms with Gasteiger partial charge in [-0.15, -0.1) is 0 Å². The number of carbonyl (C=O) groups excluding carboxylic acids is 3. The zero-order valence-electron chi connectivity index (χ0n) is 30.4. The molecule has 6 rings (SSSR count). The van der Waals surface area contributed by atoms with Crippen molar-refractivity contribution in [3.8, 4) is 11.8 Å². The summed E-state index contributed by atoms with van der Waals surface area (Å²) in [5, 5.41) is 23.9. The Morgan fingerprint density at radius 3 is 2.16 bits per heavy atom. The Kier molecular flexibility index (Phi) is 12.3. The SMILES string of the molecule is COc1ccc(C(NC(=O)C(=O)NCC[C@H](NC(=O)c2ccc(Nc3nc(NC4(c5ccc(Cl)cc5)CC4)nc(OCC(F)(F)F)n3)cc2)C(=O)O)C2CC2)cc1. The van der Waals surface area contributed by atoms with Gasteiger partial charge in [0.25, 0.3) is 5.91 Å². The molecule has 6 N–H and O–H groups in total. The average Bonchev–Trinajstić information content (AvgIpc) is 4.13. The number of nitrogens with one attached hydrogen (secondary N) is 5. The van der Waals surface area contributed by atoms with Gasteiger partial charge >= 0.3 is 30.0 Å². The van der Waals surface area contributed by atoms with E-state index in [1.807, 2.05) is 24.3 Å². The van der Waals surface area contributed by atoms with Crippen molar-refractivity contribution in [3.63, 3.8) is 0 Å². The van der Waals surface area contributed by atoms with Gasteiger partial charge < -0.3 is 41.2 Å². The molecule has 3 aromatic carbocycles. The van der Waals surface area contributed by atoms with Crippen LogP contribution in [0.25, 0.3) is 0 Å². The third-order valence-corrected chi connectivity index (χ3v) is 9.52. The summed E-state index contributed by atoms with van der Waals surface area (Å²) in [6.45, 7) is -1.85. The van der Waals surface area contributed by atoms with Crippen LogP contribution >= 0.6 is 11.6 Å². The van der Waals surface area contributed by atoms with Gasteiger partial charge in [-0.25, -0.2) is 4.79 Å². The summed E-state index contributed by atoms with van der Waals surface area (Å²) in [4.78, 5) is 62.6. The number of benzene rings is 3. The number of ether oxygens (including phenoxy) is 2. The molecule has 0 bridgehead atoms. The normalized spacial score (nSPS) is 15.3. The maximum Gasteiger partial charge on any atom is 0.422 e. The van der Waals surface area contributed by atoms with Crippen molar-refractivity contribution in [2.24, 2.45) is 5.92 Å². The standard InChI is InChI=1S/C38H38ClF3N8O7/c1-56-27-14-6-22(7-15-27)29(21-2-3-21)46-32(53)31(52)43-19-16-28(33(54)55)45-30(51)23-4-12-26(13-5-23)44-34-47-35(49-36(48-34)57-20-38(40,41)42)50-37(17-18-37)24-8-10-25(39)11-9-24/h4-15,21,28-29H,2-3,16-20H2,1H3,(H,43,52)(H,45,51)(H,46,53)(H,54,55)(H2,44,47,48,49,50)/t28-,29?/m0/s1. The van der Waals surface area contributed by atoms with E-state index in [0.29, 0.717) is 29.3 Å². The highest BCUT2D eigenvalue weighted by Gasteiger charge is 2.45. The summed E-state index contributed by atoms with van der Waals surface area (Å²) in [5.74, 6) is -3.27. The number of carboxylic acid groups (broad SMARTS) is 1. The van der Waals surface area contributed by atoms with E-state index in [4.69, 9.17) is 21.1 Å². The molecule has 57 heavy (non-hydrogen) atoms. The Morgan fingerprint density at radius 1 is 0.895 bits per heavy atom. The van der Waals surface area contributed by atoms with E-state index < -0.39 is 54.1 Å². The number of anilines is 3. The first-order valence-electron chi connectivity index (χ1n) is 17.8. The van der Waals surface area contributed by atoms with Crippen LogP contribution < -0.4 is 36.1 Å². The number of rotatable bonds is 17. The van der Waals surface area contributed by atoms with Crippen molar-refractivity contribution in [1.82, 2.24) is 30.9 Å². The van der Waals surface area contributed by atoms with E-state index in [9.17, 15) is 37.5 Å². The molecular formula is C38H38ClF3N8O7. The van der Waals surface area contributed by atoms with Crippen molar-refractivity contribution >= 4 is 52.9 Å². The largest absolute Gasteiger partial charge is 0.497 e. The molecule has 2 fully saturated rings. The van der Waals surface area contributed by atoms with E-state index in [1.165, 1.54) is 24.3 Å². The minimum atomic E-state index is -4.65. The minimum absolute atomic E-state index is 0.0410. The number of aromatic nitrogens is 3. The number of hydrogen-bond acceptors (Lipinski definition) is 11. The van der Waals surface area contributed by atoms with Gasteiger partial charge in [0.1, 0.15) is 11.8 Å². The van der Waals surface area contributed by atoms with Crippen LogP contribution in [0.3, 0.4) is 0 Å².